The number of hydrogen-bond donors (Lipinski definition) is 2. The molecule has 1 saturated carbocycles. The number of aliphatic hydroxyl groups excluding tert-OH is 1. The van der Waals surface area contributed by atoms with Crippen LogP contribution in [0.2, 0.25) is 0 Å². The summed E-state index contributed by atoms with van der Waals surface area (Å²) in [6.45, 7) is 1.28. The largest absolute Gasteiger partial charge is 0.394 e. The lowest BCUT2D eigenvalue weighted by atomic mass is 9.92. The number of nitrogens with one attached hydrogen (secondary N) is 1. The average Bonchev–Trinajstić information content (AvgIpc) is 2.95. The van der Waals surface area contributed by atoms with Gasteiger partial charge < -0.3 is 20.2 Å². The Morgan fingerprint density at radius 2 is 1.81 bits per heavy atom. The molecule has 1 aliphatic heterocycles. The third kappa shape index (κ3) is 3.67. The van der Waals surface area contributed by atoms with Crippen molar-refractivity contribution in [3.63, 3.8) is 0 Å². The van der Waals surface area contributed by atoms with Gasteiger partial charge in [0.15, 0.2) is 0 Å². The van der Waals surface area contributed by atoms with Crippen LogP contribution in [0.5, 0.6) is 0 Å². The van der Waals surface area contributed by atoms with E-state index in [1.165, 1.54) is 0 Å². The first-order valence-corrected chi connectivity index (χ1v) is 7.86. The van der Waals surface area contributed by atoms with Gasteiger partial charge in [0.2, 0.25) is 5.91 Å². The molecule has 120 valence electrons. The summed E-state index contributed by atoms with van der Waals surface area (Å²) in [5.41, 5.74) is -0.395. The molecule has 0 spiro atoms. The van der Waals surface area contributed by atoms with Crippen molar-refractivity contribution in [1.82, 2.24) is 15.1 Å². The quantitative estimate of drug-likeness (QED) is 0.809. The molecule has 2 N–H and O–H groups in total. The molecule has 6 heteroatoms. The van der Waals surface area contributed by atoms with Gasteiger partial charge in [0.1, 0.15) is 0 Å². The van der Waals surface area contributed by atoms with Crippen molar-refractivity contribution >= 4 is 11.9 Å². The third-order valence-electron chi connectivity index (χ3n) is 4.77. The monoisotopic (exact) mass is 297 g/mol. The fourth-order valence-corrected chi connectivity index (χ4v) is 3.35. The number of carbonyl (C=O) groups is 2. The van der Waals surface area contributed by atoms with Crippen LogP contribution in [0.4, 0.5) is 4.79 Å². The van der Waals surface area contributed by atoms with Gasteiger partial charge in [-0.05, 0) is 25.7 Å². The van der Waals surface area contributed by atoms with Crippen LogP contribution >= 0.6 is 0 Å². The van der Waals surface area contributed by atoms with E-state index in [-0.39, 0.29) is 24.5 Å². The van der Waals surface area contributed by atoms with Crippen LogP contribution < -0.4 is 5.32 Å². The van der Waals surface area contributed by atoms with Gasteiger partial charge in [-0.25, -0.2) is 4.79 Å². The molecular weight excluding hydrogens is 270 g/mol. The fraction of sp³-hybridized carbons (Fsp3) is 0.867. The number of amides is 3. The van der Waals surface area contributed by atoms with E-state index in [4.69, 9.17) is 0 Å². The van der Waals surface area contributed by atoms with Gasteiger partial charge >= 0.3 is 6.03 Å². The minimum absolute atomic E-state index is 0.0106. The molecule has 1 saturated heterocycles. The summed E-state index contributed by atoms with van der Waals surface area (Å²) in [6, 6.07) is 0.0106. The van der Waals surface area contributed by atoms with E-state index in [1.54, 1.807) is 23.9 Å². The molecule has 1 heterocycles. The molecule has 21 heavy (non-hydrogen) atoms. The van der Waals surface area contributed by atoms with Gasteiger partial charge in [-0.2, -0.15) is 0 Å². The Bertz CT molecular complexity index is 384. The van der Waals surface area contributed by atoms with E-state index in [1.807, 2.05) is 0 Å². The number of likely N-dealkylation sites (tertiary alicyclic amines) is 1. The van der Waals surface area contributed by atoms with E-state index in [0.29, 0.717) is 25.9 Å². The molecule has 3 amide bonds. The summed E-state index contributed by atoms with van der Waals surface area (Å²) >= 11 is 0. The van der Waals surface area contributed by atoms with Crippen molar-refractivity contribution < 1.29 is 14.7 Å². The Labute approximate surface area is 126 Å². The number of rotatable bonds is 3. The van der Waals surface area contributed by atoms with Crippen molar-refractivity contribution in [2.75, 3.05) is 33.8 Å². The van der Waals surface area contributed by atoms with Crippen molar-refractivity contribution in [2.45, 2.75) is 44.1 Å². The number of hydrogen-bond acceptors (Lipinski definition) is 3. The number of piperidine rings is 1. The summed E-state index contributed by atoms with van der Waals surface area (Å²) in [4.78, 5) is 27.6. The second kappa shape index (κ2) is 6.64. The summed E-state index contributed by atoms with van der Waals surface area (Å²) in [7, 11) is 3.48. The normalized spacial score (nSPS) is 22.1. The highest BCUT2D eigenvalue weighted by atomic mass is 16.3. The zero-order chi connectivity index (χ0) is 15.5. The number of urea groups is 1. The lowest BCUT2D eigenvalue weighted by Crippen LogP contribution is -2.53. The van der Waals surface area contributed by atoms with E-state index in [9.17, 15) is 14.7 Å². The van der Waals surface area contributed by atoms with Crippen molar-refractivity contribution in [3.05, 3.63) is 0 Å². The van der Waals surface area contributed by atoms with Crippen LogP contribution in [0.1, 0.15) is 38.5 Å². The molecule has 0 aromatic carbocycles. The zero-order valence-corrected chi connectivity index (χ0v) is 13.1. The Balaban J connectivity index is 1.84. The van der Waals surface area contributed by atoms with Crippen LogP contribution in [0.15, 0.2) is 0 Å². The predicted molar refractivity (Wildman–Crippen MR) is 79.8 cm³/mol. The standard InChI is InChI=1S/C15H27N3O3/c1-17(2)14(21)18-9-5-12(6-10-18)13(20)16-15(11-19)7-3-4-8-15/h12,19H,3-11H2,1-2H3,(H,16,20). The van der Waals surface area contributed by atoms with Crippen LogP contribution in [-0.4, -0.2) is 66.2 Å². The van der Waals surface area contributed by atoms with Gasteiger partial charge in [0.05, 0.1) is 12.1 Å². The lowest BCUT2D eigenvalue weighted by Gasteiger charge is -2.35. The minimum Gasteiger partial charge on any atom is -0.394 e. The topological polar surface area (TPSA) is 72.9 Å². The zero-order valence-electron chi connectivity index (χ0n) is 13.1. The molecule has 2 aliphatic rings. The summed E-state index contributed by atoms with van der Waals surface area (Å²) in [6.07, 6.45) is 5.27. The maximum Gasteiger partial charge on any atom is 0.319 e. The summed E-state index contributed by atoms with van der Waals surface area (Å²) in [5.74, 6) is 0.00291. The number of nitrogens with zero attached hydrogens (tertiary/aromatic N) is 2. The Kier molecular flexibility index (Phi) is 5.08. The van der Waals surface area contributed by atoms with Crippen LogP contribution in [0.3, 0.4) is 0 Å². The first-order chi connectivity index (χ1) is 9.97. The summed E-state index contributed by atoms with van der Waals surface area (Å²) in [5, 5.41) is 12.6. The third-order valence-corrected chi connectivity index (χ3v) is 4.77. The van der Waals surface area contributed by atoms with Gasteiger partial charge in [-0.15, -0.1) is 0 Å². The average molecular weight is 297 g/mol. The molecule has 2 rings (SSSR count). The van der Waals surface area contributed by atoms with Crippen molar-refractivity contribution in [3.8, 4) is 0 Å². The molecule has 0 atom stereocenters. The predicted octanol–water partition coefficient (Wildman–Crippen LogP) is 0.801. The van der Waals surface area contributed by atoms with Gasteiger partial charge in [0.25, 0.3) is 0 Å². The Morgan fingerprint density at radius 3 is 2.29 bits per heavy atom. The smallest absolute Gasteiger partial charge is 0.319 e. The first kappa shape index (κ1) is 16.1. The van der Waals surface area contributed by atoms with Crippen LogP contribution in [0.25, 0.3) is 0 Å². The number of carbonyl (C=O) groups excluding carboxylic acids is 2. The molecular formula is C15H27N3O3. The highest BCUT2D eigenvalue weighted by Crippen LogP contribution is 2.30. The van der Waals surface area contributed by atoms with Gasteiger partial charge in [-0.1, -0.05) is 12.8 Å². The van der Waals surface area contributed by atoms with E-state index >= 15 is 0 Å². The van der Waals surface area contributed by atoms with Crippen molar-refractivity contribution in [2.24, 2.45) is 5.92 Å². The summed E-state index contributed by atoms with van der Waals surface area (Å²) < 4.78 is 0. The molecule has 0 radical (unpaired) electrons. The van der Waals surface area contributed by atoms with Gasteiger partial charge in [0, 0.05) is 33.1 Å². The Morgan fingerprint density at radius 1 is 1.24 bits per heavy atom. The molecule has 6 nitrogen and oxygen atoms in total. The maximum atomic E-state index is 12.4. The van der Waals surface area contributed by atoms with Gasteiger partial charge in [-0.3, -0.25) is 4.79 Å². The molecule has 0 aromatic heterocycles. The molecule has 0 unspecified atom stereocenters. The Hall–Kier alpha value is -1.30. The highest BCUT2D eigenvalue weighted by molar-refractivity contribution is 5.80. The van der Waals surface area contributed by atoms with E-state index in [2.05, 4.69) is 5.32 Å². The maximum absolute atomic E-state index is 12.4. The molecule has 2 fully saturated rings. The van der Waals surface area contributed by atoms with Crippen molar-refractivity contribution in [1.29, 1.82) is 0 Å². The first-order valence-electron chi connectivity index (χ1n) is 7.86. The minimum atomic E-state index is -0.395. The number of aliphatic hydroxyl groups is 1. The molecule has 1 aliphatic carbocycles. The second-order valence-corrected chi connectivity index (χ2v) is 6.57. The van der Waals surface area contributed by atoms with E-state index < -0.39 is 5.54 Å². The SMILES string of the molecule is CN(C)C(=O)N1CCC(C(=O)NC2(CO)CCCC2)CC1. The van der Waals surface area contributed by atoms with E-state index in [0.717, 1.165) is 25.7 Å². The van der Waals surface area contributed by atoms with Crippen LogP contribution in [-0.2, 0) is 4.79 Å². The second-order valence-electron chi connectivity index (χ2n) is 6.57. The fourth-order valence-electron chi connectivity index (χ4n) is 3.35. The van der Waals surface area contributed by atoms with Crippen LogP contribution in [0, 0.1) is 5.92 Å². The molecule has 0 aromatic rings. The molecule has 0 bridgehead atoms. The highest BCUT2D eigenvalue weighted by Gasteiger charge is 2.37. The lowest BCUT2D eigenvalue weighted by molar-refractivity contribution is -0.128.